The minimum Gasteiger partial charge on any atom is -0.317 e. The SMILES string of the molecule is NNc1cncc(C(=O)Nc2c(F)cc(F)cc2Br)n1. The molecule has 0 aliphatic carbocycles. The van der Waals surface area contributed by atoms with Crippen molar-refractivity contribution in [1.82, 2.24) is 9.97 Å². The Morgan fingerprint density at radius 2 is 2.05 bits per heavy atom. The maximum atomic E-state index is 13.6. The number of hydrogen-bond acceptors (Lipinski definition) is 5. The van der Waals surface area contributed by atoms with E-state index in [-0.39, 0.29) is 21.7 Å². The zero-order valence-corrected chi connectivity index (χ0v) is 11.4. The quantitative estimate of drug-likeness (QED) is 0.585. The Bertz CT molecular complexity index is 644. The van der Waals surface area contributed by atoms with Gasteiger partial charge in [0.05, 0.1) is 18.1 Å². The fourth-order valence-corrected chi connectivity index (χ4v) is 1.89. The van der Waals surface area contributed by atoms with Crippen LogP contribution in [-0.2, 0) is 0 Å². The number of nitrogen functional groups attached to an aromatic ring is 1. The molecule has 0 unspecified atom stereocenters. The number of aromatic nitrogens is 2. The number of rotatable bonds is 3. The first-order chi connectivity index (χ1) is 9.51. The van der Waals surface area contributed by atoms with Gasteiger partial charge < -0.3 is 10.7 Å². The molecule has 0 aliphatic heterocycles. The Hall–Kier alpha value is -2.13. The van der Waals surface area contributed by atoms with Crippen LogP contribution in [0.15, 0.2) is 29.0 Å². The van der Waals surface area contributed by atoms with Crippen LogP contribution in [0.4, 0.5) is 20.3 Å². The van der Waals surface area contributed by atoms with E-state index in [1.165, 1.54) is 12.4 Å². The van der Waals surface area contributed by atoms with Gasteiger partial charge >= 0.3 is 0 Å². The maximum Gasteiger partial charge on any atom is 0.276 e. The average Bonchev–Trinajstić information content (AvgIpc) is 2.42. The molecule has 0 bridgehead atoms. The Morgan fingerprint density at radius 1 is 1.30 bits per heavy atom. The predicted molar refractivity (Wildman–Crippen MR) is 71.9 cm³/mol. The molecule has 2 aromatic rings. The summed E-state index contributed by atoms with van der Waals surface area (Å²) in [4.78, 5) is 19.5. The number of nitrogens with one attached hydrogen (secondary N) is 2. The van der Waals surface area contributed by atoms with Crippen LogP contribution in [0.2, 0.25) is 0 Å². The average molecular weight is 344 g/mol. The van der Waals surface area contributed by atoms with Crippen LogP contribution in [0.3, 0.4) is 0 Å². The van der Waals surface area contributed by atoms with Gasteiger partial charge in [0.1, 0.15) is 11.5 Å². The van der Waals surface area contributed by atoms with E-state index in [0.29, 0.717) is 6.07 Å². The van der Waals surface area contributed by atoms with Gasteiger partial charge in [0.2, 0.25) is 0 Å². The fourth-order valence-electron chi connectivity index (χ4n) is 1.38. The molecule has 1 aromatic carbocycles. The van der Waals surface area contributed by atoms with Gasteiger partial charge in [-0.25, -0.2) is 19.6 Å². The number of amides is 1. The summed E-state index contributed by atoms with van der Waals surface area (Å²) in [5, 5.41) is 2.27. The van der Waals surface area contributed by atoms with Gasteiger partial charge in [-0.1, -0.05) is 0 Å². The van der Waals surface area contributed by atoms with E-state index < -0.39 is 17.5 Å². The molecule has 9 heteroatoms. The molecule has 1 aromatic heterocycles. The van der Waals surface area contributed by atoms with Crippen LogP contribution < -0.4 is 16.6 Å². The molecular formula is C11H8BrF2N5O. The molecule has 0 saturated carbocycles. The topological polar surface area (TPSA) is 92.9 Å². The number of hydrogen-bond donors (Lipinski definition) is 3. The molecule has 0 atom stereocenters. The van der Waals surface area contributed by atoms with Gasteiger partial charge in [0, 0.05) is 10.5 Å². The lowest BCUT2D eigenvalue weighted by Crippen LogP contribution is -2.17. The molecule has 0 aliphatic rings. The smallest absolute Gasteiger partial charge is 0.276 e. The molecule has 0 radical (unpaired) electrons. The van der Waals surface area contributed by atoms with Crippen molar-refractivity contribution in [2.45, 2.75) is 0 Å². The molecule has 20 heavy (non-hydrogen) atoms. The first-order valence-corrected chi connectivity index (χ1v) is 6.05. The molecular weight excluding hydrogens is 336 g/mol. The Morgan fingerprint density at radius 3 is 2.70 bits per heavy atom. The lowest BCUT2D eigenvalue weighted by molar-refractivity contribution is 0.102. The van der Waals surface area contributed by atoms with E-state index in [1.807, 2.05) is 0 Å². The normalized spacial score (nSPS) is 10.2. The van der Waals surface area contributed by atoms with Crippen LogP contribution in [0.25, 0.3) is 0 Å². The summed E-state index contributed by atoms with van der Waals surface area (Å²) >= 11 is 2.96. The van der Waals surface area contributed by atoms with Gasteiger partial charge in [-0.3, -0.25) is 9.78 Å². The van der Waals surface area contributed by atoms with E-state index >= 15 is 0 Å². The minimum absolute atomic E-state index is 0.0731. The number of carbonyl (C=O) groups excluding carboxylic acids is 1. The van der Waals surface area contributed by atoms with Crippen molar-refractivity contribution >= 4 is 33.3 Å². The lowest BCUT2D eigenvalue weighted by atomic mass is 10.3. The molecule has 0 saturated heterocycles. The van der Waals surface area contributed by atoms with Crippen LogP contribution in [-0.4, -0.2) is 15.9 Å². The zero-order chi connectivity index (χ0) is 14.7. The third-order valence-corrected chi connectivity index (χ3v) is 2.89. The highest BCUT2D eigenvalue weighted by Crippen LogP contribution is 2.27. The Kier molecular flexibility index (Phi) is 4.20. The number of anilines is 2. The fraction of sp³-hybridized carbons (Fsp3) is 0. The first-order valence-electron chi connectivity index (χ1n) is 5.26. The first kappa shape index (κ1) is 14.3. The van der Waals surface area contributed by atoms with E-state index in [1.54, 1.807) is 0 Å². The van der Waals surface area contributed by atoms with Crippen molar-refractivity contribution in [1.29, 1.82) is 0 Å². The highest BCUT2D eigenvalue weighted by Gasteiger charge is 2.15. The number of nitrogens with zero attached hydrogens (tertiary/aromatic N) is 2. The molecule has 1 heterocycles. The van der Waals surface area contributed by atoms with Crippen molar-refractivity contribution in [3.63, 3.8) is 0 Å². The van der Waals surface area contributed by atoms with Crippen molar-refractivity contribution in [2.24, 2.45) is 5.84 Å². The van der Waals surface area contributed by atoms with Crippen molar-refractivity contribution < 1.29 is 13.6 Å². The van der Waals surface area contributed by atoms with Crippen LogP contribution in [0, 0.1) is 11.6 Å². The van der Waals surface area contributed by atoms with Gasteiger partial charge in [-0.15, -0.1) is 0 Å². The molecule has 6 nitrogen and oxygen atoms in total. The highest BCUT2D eigenvalue weighted by molar-refractivity contribution is 9.10. The van der Waals surface area contributed by atoms with Crippen molar-refractivity contribution in [3.8, 4) is 0 Å². The summed E-state index contributed by atoms with van der Waals surface area (Å²) in [5.74, 6) is 2.94. The second kappa shape index (κ2) is 5.88. The Labute approximate surface area is 120 Å². The second-order valence-corrected chi connectivity index (χ2v) is 4.49. The van der Waals surface area contributed by atoms with Gasteiger partial charge in [0.25, 0.3) is 5.91 Å². The predicted octanol–water partition coefficient (Wildman–Crippen LogP) is 2.06. The summed E-state index contributed by atoms with van der Waals surface area (Å²) in [6.45, 7) is 0. The molecule has 1 amide bonds. The van der Waals surface area contributed by atoms with Crippen molar-refractivity contribution in [3.05, 3.63) is 46.3 Å². The standard InChI is InChI=1S/C11H8BrF2N5O/c12-6-1-5(13)2-7(14)10(6)18-11(20)8-3-16-4-9(17-8)19-15/h1-4H,15H2,(H,17,19)(H,18,20). The molecule has 4 N–H and O–H groups in total. The zero-order valence-electron chi connectivity index (χ0n) is 9.82. The van der Waals surface area contributed by atoms with E-state index in [9.17, 15) is 13.6 Å². The number of carbonyl (C=O) groups is 1. The minimum atomic E-state index is -0.911. The maximum absolute atomic E-state index is 13.6. The van der Waals surface area contributed by atoms with Crippen LogP contribution >= 0.6 is 15.9 Å². The number of nitrogens with two attached hydrogens (primary N) is 1. The number of halogens is 3. The summed E-state index contributed by atoms with van der Waals surface area (Å²) in [7, 11) is 0. The largest absolute Gasteiger partial charge is 0.317 e. The number of hydrazine groups is 1. The van der Waals surface area contributed by atoms with E-state index in [4.69, 9.17) is 5.84 Å². The van der Waals surface area contributed by atoms with Crippen molar-refractivity contribution in [2.75, 3.05) is 10.7 Å². The van der Waals surface area contributed by atoms with E-state index in [0.717, 1.165) is 6.07 Å². The Balaban J connectivity index is 2.28. The van der Waals surface area contributed by atoms with Crippen LogP contribution in [0.1, 0.15) is 10.5 Å². The summed E-state index contributed by atoms with van der Waals surface area (Å²) in [5.41, 5.74) is 1.97. The lowest BCUT2D eigenvalue weighted by Gasteiger charge is -2.08. The van der Waals surface area contributed by atoms with E-state index in [2.05, 4.69) is 36.6 Å². The summed E-state index contributed by atoms with van der Waals surface area (Å²) in [6, 6.07) is 1.69. The number of benzene rings is 1. The third-order valence-electron chi connectivity index (χ3n) is 2.26. The summed E-state index contributed by atoms with van der Waals surface area (Å²) in [6.07, 6.45) is 2.50. The third kappa shape index (κ3) is 3.06. The van der Waals surface area contributed by atoms with Gasteiger partial charge in [-0.2, -0.15) is 0 Å². The van der Waals surface area contributed by atoms with Crippen LogP contribution in [0.5, 0.6) is 0 Å². The molecule has 2 rings (SSSR count). The van der Waals surface area contributed by atoms with Gasteiger partial charge in [-0.05, 0) is 22.0 Å². The van der Waals surface area contributed by atoms with Gasteiger partial charge in [0.15, 0.2) is 11.6 Å². The second-order valence-electron chi connectivity index (χ2n) is 3.63. The molecule has 104 valence electrons. The molecule has 0 fully saturated rings. The molecule has 0 spiro atoms. The summed E-state index contributed by atoms with van der Waals surface area (Å²) < 4.78 is 26.6. The monoisotopic (exact) mass is 343 g/mol. The highest BCUT2D eigenvalue weighted by atomic mass is 79.9.